The van der Waals surface area contributed by atoms with Crippen LogP contribution in [0.3, 0.4) is 0 Å². The first kappa shape index (κ1) is 46.5. The lowest BCUT2D eigenvalue weighted by Gasteiger charge is -2.33. The minimum atomic E-state index is -0.185. The van der Waals surface area contributed by atoms with Gasteiger partial charge in [-0.2, -0.15) is 0 Å². The summed E-state index contributed by atoms with van der Waals surface area (Å²) < 4.78 is 0. The van der Waals surface area contributed by atoms with Crippen molar-refractivity contribution in [3.8, 4) is 0 Å². The number of hydrogen-bond donors (Lipinski definition) is 0. The second kappa shape index (κ2) is 18.0. The zero-order valence-corrected chi connectivity index (χ0v) is 45.4. The predicted molar refractivity (Wildman–Crippen MR) is 350 cm³/mol. The maximum absolute atomic E-state index is 3.76. The second-order valence-corrected chi connectivity index (χ2v) is 22.8. The Kier molecular flexibility index (Phi) is 10.5. The standard InChI is InChI=1S/C76H54B2N2/c1-79(2)69-45-67(77(73-55-29-13-5-21-47(55)41-48-22-6-14-30-56(48)73)74-57-31-15-7-23-49(57)42-50-24-8-16-32-58(50)74)63-38-40-66-70(80(3)4)46-68(64-37-39-65(69)71(63)72(64)66)78(75-59-33-17-9-25-51(59)43-52-26-10-18-34-60(52)75)76-61-35-19-11-27-53(61)44-54-28-12-20-36-62(54)76/h5-19,21-35,38,40-46H,37,39H2,1-4H3. The first-order valence-corrected chi connectivity index (χ1v) is 28.3. The van der Waals surface area contributed by atoms with Gasteiger partial charge in [0.15, 0.2) is 0 Å². The summed E-state index contributed by atoms with van der Waals surface area (Å²) in [6, 6.07) is 83.4. The van der Waals surface area contributed by atoms with Gasteiger partial charge in [-0.05, 0) is 175 Å². The summed E-state index contributed by atoms with van der Waals surface area (Å²) in [6.45, 7) is -0.354. The average Bonchev–Trinajstić information content (AvgIpc) is 3.66. The maximum atomic E-state index is 3.76. The van der Waals surface area contributed by atoms with Gasteiger partial charge in [-0.1, -0.05) is 221 Å². The topological polar surface area (TPSA) is 6.48 Å². The fraction of sp³-hybridized carbons (Fsp3) is 0.0789. The molecule has 0 heterocycles. The SMILES string of the molecule is CN(C)c1cc(B(c2c3ccccc3cc3ccccc23)c2c3ccccc3cc3ccccc23)c2ccc3c(N(C)C)cc(B(c4c5c(cc6ccccc46)=CC=C=C=5)c4c5ccccc5cc5ccccc45)c4c3c2c1CC4. The molecule has 2 aliphatic carbocycles. The summed E-state index contributed by atoms with van der Waals surface area (Å²) in [7, 11) is 9.00. The van der Waals surface area contributed by atoms with Crippen molar-refractivity contribution in [3.05, 3.63) is 252 Å². The van der Waals surface area contributed by atoms with Gasteiger partial charge in [0.25, 0.3) is 0 Å². The number of allylic oxidation sites excluding steroid dienone is 1. The Hall–Kier alpha value is -9.55. The van der Waals surface area contributed by atoms with Crippen molar-refractivity contribution in [3.63, 3.8) is 0 Å². The van der Waals surface area contributed by atoms with Gasteiger partial charge in [0.2, 0.25) is 13.4 Å². The molecular weight excluding hydrogens is 962 g/mol. The van der Waals surface area contributed by atoms with Crippen LogP contribution in [0.1, 0.15) is 11.1 Å². The molecule has 0 radical (unpaired) electrons. The van der Waals surface area contributed by atoms with E-state index in [2.05, 4.69) is 274 Å². The number of hydrogen-bond acceptors (Lipinski definition) is 2. The van der Waals surface area contributed by atoms with E-state index in [1.807, 2.05) is 6.08 Å². The molecule has 0 bridgehead atoms. The van der Waals surface area contributed by atoms with E-state index in [1.54, 1.807) is 0 Å². The molecule has 0 spiro atoms. The summed E-state index contributed by atoms with van der Waals surface area (Å²) >= 11 is 0. The van der Waals surface area contributed by atoms with E-state index in [0.717, 1.165) is 18.1 Å². The summed E-state index contributed by atoms with van der Waals surface area (Å²) in [5.74, 6) is 0. The van der Waals surface area contributed by atoms with Crippen LogP contribution in [0.2, 0.25) is 0 Å². The highest BCUT2D eigenvalue weighted by Gasteiger charge is 2.37. The van der Waals surface area contributed by atoms with Gasteiger partial charge >= 0.3 is 0 Å². The summed E-state index contributed by atoms with van der Waals surface area (Å²) in [4.78, 5) is 4.77. The van der Waals surface area contributed by atoms with Crippen LogP contribution in [0.25, 0.3) is 109 Å². The second-order valence-electron chi connectivity index (χ2n) is 22.8. The number of aryl methyl sites for hydroxylation is 2. The number of benzene rings is 14. The third kappa shape index (κ3) is 6.90. The maximum Gasteiger partial charge on any atom is 0.245 e. The Morgan fingerprint density at radius 1 is 0.338 bits per heavy atom. The monoisotopic (exact) mass is 1020 g/mol. The summed E-state index contributed by atoms with van der Waals surface area (Å²) in [6.07, 6.45) is 6.06. The molecule has 14 aromatic rings. The van der Waals surface area contributed by atoms with Crippen LogP contribution in [0.5, 0.6) is 0 Å². The molecular formula is C76H54B2N2. The molecule has 2 nitrogen and oxygen atoms in total. The Morgan fingerprint density at radius 2 is 0.700 bits per heavy atom. The quantitative estimate of drug-likeness (QED) is 0.0648. The van der Waals surface area contributed by atoms with E-state index in [4.69, 9.17) is 0 Å². The Morgan fingerprint density at radius 3 is 1.15 bits per heavy atom. The smallest absolute Gasteiger partial charge is 0.245 e. The molecule has 0 fully saturated rings. The largest absolute Gasteiger partial charge is 0.377 e. The van der Waals surface area contributed by atoms with Crippen LogP contribution in [0.15, 0.2) is 230 Å². The number of nitrogens with zero attached hydrogens (tertiary/aromatic N) is 2. The van der Waals surface area contributed by atoms with Crippen molar-refractivity contribution in [2.45, 2.75) is 12.8 Å². The highest BCUT2D eigenvalue weighted by Crippen LogP contribution is 2.43. The average molecular weight is 1020 g/mol. The molecule has 0 amide bonds. The molecule has 0 saturated heterocycles. The summed E-state index contributed by atoms with van der Waals surface area (Å²) in [5, 5.41) is 25.3. The van der Waals surface area contributed by atoms with E-state index in [9.17, 15) is 0 Å². The molecule has 80 heavy (non-hydrogen) atoms. The van der Waals surface area contributed by atoms with Crippen LogP contribution in [-0.4, -0.2) is 41.6 Å². The van der Waals surface area contributed by atoms with E-state index in [0.29, 0.717) is 0 Å². The van der Waals surface area contributed by atoms with Crippen LogP contribution in [0.4, 0.5) is 11.4 Å². The van der Waals surface area contributed by atoms with Crippen LogP contribution >= 0.6 is 0 Å². The van der Waals surface area contributed by atoms with Crippen LogP contribution in [-0.2, 0) is 12.8 Å². The van der Waals surface area contributed by atoms with E-state index >= 15 is 0 Å². The normalized spacial score (nSPS) is 12.6. The highest BCUT2D eigenvalue weighted by atomic mass is 15.1. The Bertz CT molecular complexity index is 4970. The third-order valence-corrected chi connectivity index (χ3v) is 18.1. The Labute approximate surface area is 466 Å². The van der Waals surface area contributed by atoms with Gasteiger partial charge in [-0.25, -0.2) is 0 Å². The predicted octanol–water partition coefficient (Wildman–Crippen LogP) is 12.2. The fourth-order valence-electron chi connectivity index (χ4n) is 14.8. The van der Waals surface area contributed by atoms with Gasteiger partial charge in [-0.15, -0.1) is 0 Å². The molecule has 4 heteroatoms. The molecule has 374 valence electrons. The molecule has 14 aromatic carbocycles. The molecule has 2 aliphatic rings. The molecule has 0 unspecified atom stereocenters. The molecule has 0 aromatic heterocycles. The third-order valence-electron chi connectivity index (χ3n) is 18.1. The lowest BCUT2D eigenvalue weighted by Crippen LogP contribution is -2.61. The van der Waals surface area contributed by atoms with Crippen LogP contribution in [0, 0.1) is 0 Å². The minimum absolute atomic E-state index is 0.169. The zero-order valence-electron chi connectivity index (χ0n) is 45.4. The highest BCUT2D eigenvalue weighted by molar-refractivity contribution is 7.02. The first-order chi connectivity index (χ1) is 39.4. The molecule has 0 atom stereocenters. The summed E-state index contributed by atoms with van der Waals surface area (Å²) in [5.41, 5.74) is 20.5. The van der Waals surface area contributed by atoms with Crippen LogP contribution < -0.4 is 53.0 Å². The van der Waals surface area contributed by atoms with E-state index < -0.39 is 0 Å². The van der Waals surface area contributed by atoms with Gasteiger partial charge in [0.05, 0.1) is 0 Å². The van der Waals surface area contributed by atoms with Gasteiger partial charge in [0.1, 0.15) is 0 Å². The number of rotatable bonds is 8. The molecule has 0 N–H and O–H groups in total. The molecule has 0 saturated carbocycles. The van der Waals surface area contributed by atoms with Crippen molar-refractivity contribution in [2.24, 2.45) is 0 Å². The van der Waals surface area contributed by atoms with Gasteiger partial charge < -0.3 is 9.80 Å². The fourth-order valence-corrected chi connectivity index (χ4v) is 14.8. The number of fused-ring (bicyclic) bond motifs is 8. The minimum Gasteiger partial charge on any atom is -0.377 e. The zero-order chi connectivity index (χ0) is 53.3. The Balaban J connectivity index is 1.12. The first-order valence-electron chi connectivity index (χ1n) is 28.3. The van der Waals surface area contributed by atoms with Crippen molar-refractivity contribution in [1.82, 2.24) is 0 Å². The van der Waals surface area contributed by atoms with Gasteiger partial charge in [0, 0.05) is 50.2 Å². The lowest BCUT2D eigenvalue weighted by atomic mass is 9.33. The van der Waals surface area contributed by atoms with Crippen molar-refractivity contribution < 1.29 is 0 Å². The van der Waals surface area contributed by atoms with Crippen molar-refractivity contribution in [2.75, 3.05) is 38.0 Å². The lowest BCUT2D eigenvalue weighted by molar-refractivity contribution is 0.958. The molecule has 16 rings (SSSR count). The molecule has 0 aliphatic heterocycles. The number of anilines is 2. The van der Waals surface area contributed by atoms with Crippen molar-refractivity contribution >= 4 is 166 Å². The van der Waals surface area contributed by atoms with E-state index in [-0.39, 0.29) is 13.4 Å². The van der Waals surface area contributed by atoms with Gasteiger partial charge in [-0.3, -0.25) is 0 Å². The van der Waals surface area contributed by atoms with Crippen molar-refractivity contribution in [1.29, 1.82) is 0 Å². The van der Waals surface area contributed by atoms with E-state index in [1.165, 1.54) is 157 Å².